The van der Waals surface area contributed by atoms with Gasteiger partial charge in [-0.2, -0.15) is 0 Å². The summed E-state index contributed by atoms with van der Waals surface area (Å²) < 4.78 is 0. The van der Waals surface area contributed by atoms with E-state index in [9.17, 15) is 0 Å². The lowest BCUT2D eigenvalue weighted by atomic mass is 9.93. The van der Waals surface area contributed by atoms with Crippen molar-refractivity contribution in [3.05, 3.63) is 0 Å². The van der Waals surface area contributed by atoms with E-state index in [4.69, 9.17) is 0 Å². The first-order chi connectivity index (χ1) is 8.20. The maximum Gasteiger partial charge on any atom is -0.0417 e. The van der Waals surface area contributed by atoms with E-state index >= 15 is 0 Å². The number of unbranched alkanes of at least 4 members (excludes halogenated alkanes) is 5. The molecule has 0 bridgehead atoms. The summed E-state index contributed by atoms with van der Waals surface area (Å²) in [6, 6.07) is 0. The van der Waals surface area contributed by atoms with E-state index in [0.29, 0.717) is 0 Å². The molecule has 0 saturated carbocycles. The molecular formula is C17H36. The zero-order valence-corrected chi connectivity index (χ0v) is 12.9. The highest BCUT2D eigenvalue weighted by Crippen LogP contribution is 2.20. The monoisotopic (exact) mass is 240 g/mol. The van der Waals surface area contributed by atoms with Crippen LogP contribution in [0.15, 0.2) is 0 Å². The molecule has 0 amide bonds. The number of hydrogen-bond acceptors (Lipinski definition) is 0. The van der Waals surface area contributed by atoms with E-state index in [1.54, 1.807) is 0 Å². The molecule has 0 rings (SSSR count). The summed E-state index contributed by atoms with van der Waals surface area (Å²) in [7, 11) is 0. The highest BCUT2D eigenvalue weighted by molar-refractivity contribution is 4.58. The lowest BCUT2D eigenvalue weighted by Crippen LogP contribution is -1.98. The number of rotatable bonds is 12. The van der Waals surface area contributed by atoms with Gasteiger partial charge in [0.25, 0.3) is 0 Å². The molecule has 0 aromatic rings. The van der Waals surface area contributed by atoms with Gasteiger partial charge in [0.2, 0.25) is 0 Å². The van der Waals surface area contributed by atoms with Crippen LogP contribution >= 0.6 is 0 Å². The molecule has 0 aliphatic heterocycles. The van der Waals surface area contributed by atoms with Gasteiger partial charge < -0.3 is 0 Å². The second kappa shape index (κ2) is 12.5. The van der Waals surface area contributed by atoms with Gasteiger partial charge in [0.1, 0.15) is 0 Å². The molecule has 0 saturated heterocycles. The van der Waals surface area contributed by atoms with Crippen LogP contribution in [0.3, 0.4) is 0 Å². The van der Waals surface area contributed by atoms with Crippen LogP contribution in [0.1, 0.15) is 98.3 Å². The normalized spacial score (nSPS) is 13.2. The predicted molar refractivity (Wildman–Crippen MR) is 80.5 cm³/mol. The second-order valence-electron chi connectivity index (χ2n) is 6.16. The van der Waals surface area contributed by atoms with Gasteiger partial charge in [-0.3, -0.25) is 0 Å². The van der Waals surface area contributed by atoms with Crippen molar-refractivity contribution in [1.82, 2.24) is 0 Å². The first-order valence-electron chi connectivity index (χ1n) is 8.20. The molecule has 17 heavy (non-hydrogen) atoms. The minimum absolute atomic E-state index is 0.897. The molecule has 0 aliphatic carbocycles. The molecule has 0 radical (unpaired) electrons. The fourth-order valence-corrected chi connectivity index (χ4v) is 2.56. The first-order valence-corrected chi connectivity index (χ1v) is 8.20. The summed E-state index contributed by atoms with van der Waals surface area (Å²) in [6.45, 7) is 9.34. The van der Waals surface area contributed by atoms with Crippen molar-refractivity contribution in [2.45, 2.75) is 98.3 Å². The maximum atomic E-state index is 2.36. The lowest BCUT2D eigenvalue weighted by Gasteiger charge is -2.13. The second-order valence-corrected chi connectivity index (χ2v) is 6.16. The maximum absolute atomic E-state index is 2.36. The van der Waals surface area contributed by atoms with Crippen LogP contribution in [0.4, 0.5) is 0 Å². The molecule has 0 fully saturated rings. The van der Waals surface area contributed by atoms with Crippen LogP contribution in [0, 0.1) is 11.8 Å². The predicted octanol–water partition coefficient (Wildman–Crippen LogP) is 6.59. The lowest BCUT2D eigenvalue weighted by molar-refractivity contribution is 0.398. The van der Waals surface area contributed by atoms with Gasteiger partial charge in [-0.25, -0.2) is 0 Å². The van der Waals surface area contributed by atoms with Crippen molar-refractivity contribution >= 4 is 0 Å². The third-order valence-corrected chi connectivity index (χ3v) is 3.94. The van der Waals surface area contributed by atoms with E-state index in [-0.39, 0.29) is 0 Å². The van der Waals surface area contributed by atoms with Crippen LogP contribution in [0.5, 0.6) is 0 Å². The Kier molecular flexibility index (Phi) is 12.5. The highest BCUT2D eigenvalue weighted by Gasteiger charge is 2.04. The van der Waals surface area contributed by atoms with E-state index < -0.39 is 0 Å². The van der Waals surface area contributed by atoms with Crippen molar-refractivity contribution in [3.63, 3.8) is 0 Å². The fraction of sp³-hybridized carbons (Fsp3) is 1.00. The molecule has 1 unspecified atom stereocenters. The minimum Gasteiger partial charge on any atom is -0.0654 e. The van der Waals surface area contributed by atoms with Gasteiger partial charge in [0.05, 0.1) is 0 Å². The van der Waals surface area contributed by atoms with Gasteiger partial charge in [-0.15, -0.1) is 0 Å². The average Bonchev–Trinajstić information content (AvgIpc) is 2.31. The van der Waals surface area contributed by atoms with Gasteiger partial charge in [-0.05, 0) is 11.8 Å². The fourth-order valence-electron chi connectivity index (χ4n) is 2.56. The van der Waals surface area contributed by atoms with Crippen LogP contribution in [-0.4, -0.2) is 0 Å². The first kappa shape index (κ1) is 17.0. The van der Waals surface area contributed by atoms with Gasteiger partial charge in [-0.1, -0.05) is 98.3 Å². The van der Waals surface area contributed by atoms with Gasteiger partial charge >= 0.3 is 0 Å². The Morgan fingerprint density at radius 2 is 1.18 bits per heavy atom. The summed E-state index contributed by atoms with van der Waals surface area (Å²) in [5, 5.41) is 0. The summed E-state index contributed by atoms with van der Waals surface area (Å²) in [5.41, 5.74) is 0. The Morgan fingerprint density at radius 3 is 1.71 bits per heavy atom. The van der Waals surface area contributed by atoms with Crippen LogP contribution in [0.25, 0.3) is 0 Å². The topological polar surface area (TPSA) is 0 Å². The quantitative estimate of drug-likeness (QED) is 0.338. The molecular weight excluding hydrogens is 204 g/mol. The highest BCUT2D eigenvalue weighted by atomic mass is 14.1. The van der Waals surface area contributed by atoms with Gasteiger partial charge in [0.15, 0.2) is 0 Å². The molecule has 0 aromatic heterocycles. The SMILES string of the molecule is CCCCC(CC)CCCCCCCC(C)C. The smallest absolute Gasteiger partial charge is 0.0417 e. The summed E-state index contributed by atoms with van der Waals surface area (Å²) >= 11 is 0. The Labute approximate surface area is 111 Å². The molecule has 0 nitrogen and oxygen atoms in total. The van der Waals surface area contributed by atoms with Crippen molar-refractivity contribution in [2.75, 3.05) is 0 Å². The number of hydrogen-bond donors (Lipinski definition) is 0. The molecule has 0 N–H and O–H groups in total. The van der Waals surface area contributed by atoms with E-state index in [0.717, 1.165) is 11.8 Å². The van der Waals surface area contributed by atoms with E-state index in [1.165, 1.54) is 70.6 Å². The molecule has 0 heteroatoms. The Hall–Kier alpha value is 0. The molecule has 0 heterocycles. The largest absolute Gasteiger partial charge is 0.0654 e. The van der Waals surface area contributed by atoms with Crippen LogP contribution < -0.4 is 0 Å². The zero-order chi connectivity index (χ0) is 12.9. The summed E-state index contributed by atoms with van der Waals surface area (Å²) in [5.74, 6) is 1.92. The standard InChI is InChI=1S/C17H36/c1-5-7-14-17(6-2)15-12-10-8-9-11-13-16(3)4/h16-17H,5-15H2,1-4H3. The molecule has 0 aromatic carbocycles. The minimum atomic E-state index is 0.897. The average molecular weight is 240 g/mol. The molecule has 0 aliphatic rings. The van der Waals surface area contributed by atoms with Gasteiger partial charge in [0, 0.05) is 0 Å². The van der Waals surface area contributed by atoms with Crippen LogP contribution in [-0.2, 0) is 0 Å². The third-order valence-electron chi connectivity index (χ3n) is 3.94. The van der Waals surface area contributed by atoms with Crippen molar-refractivity contribution in [1.29, 1.82) is 0 Å². The van der Waals surface area contributed by atoms with Crippen LogP contribution in [0.2, 0.25) is 0 Å². The Balaban J connectivity index is 3.24. The Bertz CT molecular complexity index is 137. The molecule has 104 valence electrons. The summed E-state index contributed by atoms with van der Waals surface area (Å²) in [6.07, 6.45) is 15.9. The zero-order valence-electron chi connectivity index (χ0n) is 12.9. The van der Waals surface area contributed by atoms with Crippen molar-refractivity contribution in [2.24, 2.45) is 11.8 Å². The van der Waals surface area contributed by atoms with E-state index in [1.807, 2.05) is 0 Å². The van der Waals surface area contributed by atoms with Crippen molar-refractivity contribution in [3.8, 4) is 0 Å². The third kappa shape index (κ3) is 12.2. The van der Waals surface area contributed by atoms with E-state index in [2.05, 4.69) is 27.7 Å². The summed E-state index contributed by atoms with van der Waals surface area (Å²) in [4.78, 5) is 0. The Morgan fingerprint density at radius 1 is 0.647 bits per heavy atom. The van der Waals surface area contributed by atoms with Crippen molar-refractivity contribution < 1.29 is 0 Å². The molecule has 1 atom stereocenters. The molecule has 0 spiro atoms.